The molecular formula is C39H44FN3O5. The van der Waals surface area contributed by atoms with E-state index in [1.165, 1.54) is 12.1 Å². The highest BCUT2D eigenvalue weighted by Gasteiger charge is 2.28. The molecule has 0 saturated carbocycles. The third-order valence-electron chi connectivity index (χ3n) is 8.28. The van der Waals surface area contributed by atoms with Gasteiger partial charge in [0.25, 0.3) is 0 Å². The summed E-state index contributed by atoms with van der Waals surface area (Å²) in [6.07, 6.45) is 6.39. The van der Waals surface area contributed by atoms with Gasteiger partial charge in [0, 0.05) is 36.6 Å². The SMILES string of the molecule is C=CC[C@H](CC(=O)N(CCO)Cc1ccccc1)C(=O)N[C@H](COC(=O)[C@@H](CC=C)Cc1ccc(F)cc1)Cc1c[nH]c2ccccc12. The maximum Gasteiger partial charge on any atom is 0.309 e. The van der Waals surface area contributed by atoms with Crippen molar-refractivity contribution in [3.8, 4) is 0 Å². The Kier molecular flexibility index (Phi) is 13.7. The molecule has 0 saturated heterocycles. The van der Waals surface area contributed by atoms with Gasteiger partial charge in [0.2, 0.25) is 11.8 Å². The molecule has 4 rings (SSSR count). The van der Waals surface area contributed by atoms with Crippen LogP contribution in [0.25, 0.3) is 10.9 Å². The highest BCUT2D eigenvalue weighted by Crippen LogP contribution is 2.21. The Morgan fingerprint density at radius 1 is 0.896 bits per heavy atom. The van der Waals surface area contributed by atoms with Crippen molar-refractivity contribution >= 4 is 28.7 Å². The van der Waals surface area contributed by atoms with Gasteiger partial charge in [-0.2, -0.15) is 0 Å². The number of aliphatic hydroxyl groups is 1. The first-order chi connectivity index (χ1) is 23.3. The number of H-pyrrole nitrogens is 1. The predicted octanol–water partition coefficient (Wildman–Crippen LogP) is 5.92. The summed E-state index contributed by atoms with van der Waals surface area (Å²) in [5.74, 6) is -2.68. The Morgan fingerprint density at radius 2 is 1.58 bits per heavy atom. The summed E-state index contributed by atoms with van der Waals surface area (Å²) in [5, 5.41) is 13.7. The lowest BCUT2D eigenvalue weighted by Gasteiger charge is -2.26. The van der Waals surface area contributed by atoms with Gasteiger partial charge in [-0.1, -0.05) is 72.8 Å². The first-order valence-corrected chi connectivity index (χ1v) is 16.2. The van der Waals surface area contributed by atoms with Crippen molar-refractivity contribution in [2.45, 2.75) is 44.7 Å². The van der Waals surface area contributed by atoms with Crippen LogP contribution < -0.4 is 5.32 Å². The second-order valence-corrected chi connectivity index (χ2v) is 11.9. The van der Waals surface area contributed by atoms with Crippen LogP contribution in [0.15, 0.2) is 110 Å². The molecule has 0 bridgehead atoms. The summed E-state index contributed by atoms with van der Waals surface area (Å²) < 4.78 is 19.3. The number of nitrogens with zero attached hydrogens (tertiary/aromatic N) is 1. The molecule has 0 unspecified atom stereocenters. The lowest BCUT2D eigenvalue weighted by atomic mass is 9.96. The molecule has 48 heavy (non-hydrogen) atoms. The second kappa shape index (κ2) is 18.4. The van der Waals surface area contributed by atoms with Gasteiger partial charge in [-0.15, -0.1) is 13.2 Å². The number of amides is 2. The Labute approximate surface area is 281 Å². The Morgan fingerprint density at radius 3 is 2.29 bits per heavy atom. The Bertz CT molecular complexity index is 1650. The number of benzene rings is 3. The summed E-state index contributed by atoms with van der Waals surface area (Å²) in [7, 11) is 0. The normalized spacial score (nSPS) is 12.9. The minimum atomic E-state index is -0.722. The molecule has 0 spiro atoms. The summed E-state index contributed by atoms with van der Waals surface area (Å²) in [5.41, 5.74) is 3.59. The number of aliphatic hydroxyl groups excluding tert-OH is 1. The maximum absolute atomic E-state index is 13.8. The Balaban J connectivity index is 1.49. The number of rotatable bonds is 19. The van der Waals surface area contributed by atoms with Crippen molar-refractivity contribution in [2.24, 2.45) is 11.8 Å². The van der Waals surface area contributed by atoms with Crippen LogP contribution in [0.4, 0.5) is 4.39 Å². The highest BCUT2D eigenvalue weighted by molar-refractivity contribution is 5.87. The van der Waals surface area contributed by atoms with Crippen molar-refractivity contribution in [2.75, 3.05) is 19.8 Å². The number of hydrogen-bond donors (Lipinski definition) is 3. The van der Waals surface area contributed by atoms with Gasteiger partial charge in [-0.3, -0.25) is 14.4 Å². The third-order valence-corrected chi connectivity index (χ3v) is 8.28. The van der Waals surface area contributed by atoms with Gasteiger partial charge in [0.05, 0.1) is 24.5 Å². The van der Waals surface area contributed by atoms with Crippen LogP contribution in [-0.2, 0) is 38.5 Å². The van der Waals surface area contributed by atoms with Crippen LogP contribution >= 0.6 is 0 Å². The van der Waals surface area contributed by atoms with Crippen molar-refractivity contribution in [3.63, 3.8) is 0 Å². The fourth-order valence-corrected chi connectivity index (χ4v) is 5.75. The van der Waals surface area contributed by atoms with E-state index in [0.717, 1.165) is 27.6 Å². The van der Waals surface area contributed by atoms with E-state index in [9.17, 15) is 23.9 Å². The smallest absolute Gasteiger partial charge is 0.309 e. The zero-order valence-corrected chi connectivity index (χ0v) is 27.2. The fraction of sp³-hybridized carbons (Fsp3) is 0.308. The summed E-state index contributed by atoms with van der Waals surface area (Å²) >= 11 is 0. The predicted molar refractivity (Wildman–Crippen MR) is 185 cm³/mol. The minimum absolute atomic E-state index is 0.0800. The number of nitrogens with one attached hydrogen (secondary N) is 2. The number of carbonyl (C=O) groups excluding carboxylic acids is 3. The molecule has 3 N–H and O–H groups in total. The van der Waals surface area contributed by atoms with E-state index in [1.807, 2.05) is 60.8 Å². The standard InChI is InChI=1S/C39H44FN3O5/c1-3-10-30(24-37(45)43(20-21-44)26-29-12-6-5-7-13-29)38(46)42-34(23-32-25-41-36-15-9-8-14-35(32)36)27-48-39(47)31(11-4-2)22-28-16-18-33(40)19-17-28/h3-9,12-19,25,30-31,34,41,44H,1-2,10-11,20-24,26-27H2,(H,42,46)/t30-,31+,34+/m1/s1. The first kappa shape index (κ1) is 35.8. The molecule has 252 valence electrons. The molecule has 2 amide bonds. The molecule has 0 aliphatic heterocycles. The van der Waals surface area contributed by atoms with Gasteiger partial charge in [-0.05, 0) is 60.6 Å². The molecule has 9 heteroatoms. The number of ether oxygens (including phenoxy) is 1. The highest BCUT2D eigenvalue weighted by atomic mass is 19.1. The average Bonchev–Trinajstić information content (AvgIpc) is 3.50. The van der Waals surface area contributed by atoms with Crippen molar-refractivity contribution in [3.05, 3.63) is 133 Å². The van der Waals surface area contributed by atoms with Gasteiger partial charge in [0.15, 0.2) is 0 Å². The van der Waals surface area contributed by atoms with Gasteiger partial charge >= 0.3 is 5.97 Å². The number of fused-ring (bicyclic) bond motifs is 1. The molecule has 3 atom stereocenters. The minimum Gasteiger partial charge on any atom is -0.463 e. The van der Waals surface area contributed by atoms with E-state index in [2.05, 4.69) is 23.5 Å². The van der Waals surface area contributed by atoms with Crippen LogP contribution in [0.3, 0.4) is 0 Å². The zero-order chi connectivity index (χ0) is 34.3. The Hall–Kier alpha value is -5.02. The number of carbonyl (C=O) groups is 3. The van der Waals surface area contributed by atoms with Gasteiger partial charge < -0.3 is 25.0 Å². The molecule has 0 radical (unpaired) electrons. The van der Waals surface area contributed by atoms with E-state index in [4.69, 9.17) is 4.74 Å². The molecule has 8 nitrogen and oxygen atoms in total. The number of allylic oxidation sites excluding steroid dienone is 2. The van der Waals surface area contributed by atoms with Crippen LogP contribution in [0.1, 0.15) is 36.0 Å². The monoisotopic (exact) mass is 653 g/mol. The fourth-order valence-electron chi connectivity index (χ4n) is 5.75. The number of aromatic nitrogens is 1. The molecule has 3 aromatic carbocycles. The van der Waals surface area contributed by atoms with E-state index < -0.39 is 23.8 Å². The first-order valence-electron chi connectivity index (χ1n) is 16.2. The molecule has 1 heterocycles. The number of hydrogen-bond acceptors (Lipinski definition) is 5. The summed E-state index contributed by atoms with van der Waals surface area (Å²) in [6, 6.07) is 22.7. The average molecular weight is 654 g/mol. The molecule has 0 aliphatic carbocycles. The molecule has 0 fully saturated rings. The lowest BCUT2D eigenvalue weighted by molar-refractivity contribution is -0.149. The molecular weight excluding hydrogens is 609 g/mol. The molecule has 4 aromatic rings. The largest absolute Gasteiger partial charge is 0.463 e. The summed E-state index contributed by atoms with van der Waals surface area (Å²) in [4.78, 5) is 45.3. The van der Waals surface area contributed by atoms with Crippen LogP contribution in [0.5, 0.6) is 0 Å². The number of esters is 1. The van der Waals surface area contributed by atoms with Crippen molar-refractivity contribution in [1.82, 2.24) is 15.2 Å². The lowest BCUT2D eigenvalue weighted by Crippen LogP contribution is -2.45. The zero-order valence-electron chi connectivity index (χ0n) is 27.2. The van der Waals surface area contributed by atoms with E-state index >= 15 is 0 Å². The number of aromatic amines is 1. The van der Waals surface area contributed by atoms with Gasteiger partial charge in [-0.25, -0.2) is 4.39 Å². The van der Waals surface area contributed by atoms with E-state index in [-0.39, 0.29) is 50.2 Å². The van der Waals surface area contributed by atoms with Crippen LogP contribution in [0, 0.1) is 17.7 Å². The third kappa shape index (κ3) is 10.5. The molecule has 1 aromatic heterocycles. The maximum atomic E-state index is 13.8. The van der Waals surface area contributed by atoms with E-state index in [1.54, 1.807) is 29.2 Å². The molecule has 0 aliphatic rings. The number of halogens is 1. The van der Waals surface area contributed by atoms with E-state index in [0.29, 0.717) is 25.8 Å². The van der Waals surface area contributed by atoms with Crippen molar-refractivity contribution < 1.29 is 28.6 Å². The van der Waals surface area contributed by atoms with Gasteiger partial charge in [0.1, 0.15) is 12.4 Å². The summed E-state index contributed by atoms with van der Waals surface area (Å²) in [6.45, 7) is 7.73. The topological polar surface area (TPSA) is 112 Å². The van der Waals surface area contributed by atoms with Crippen molar-refractivity contribution in [1.29, 1.82) is 0 Å². The second-order valence-electron chi connectivity index (χ2n) is 11.9. The number of para-hydroxylation sites is 1. The van der Waals surface area contributed by atoms with Crippen LogP contribution in [-0.4, -0.2) is 58.6 Å². The van der Waals surface area contributed by atoms with Crippen LogP contribution in [0.2, 0.25) is 0 Å². The quantitative estimate of drug-likeness (QED) is 0.0860.